The quantitative estimate of drug-likeness (QED) is 0.849. The van der Waals surface area contributed by atoms with Crippen LogP contribution >= 0.6 is 0 Å². The number of alkyl halides is 3. The standard InChI is InChI=1S/C11H17F3N4O/c1-7(2)10-16-8(5-9(19)17-10)18(4-3-15)6-11(12,13)14/h5,7H,3-4,6,15H2,1-2H3,(H,16,17,19). The minimum atomic E-state index is -4.38. The average Bonchev–Trinajstić information content (AvgIpc) is 2.25. The largest absolute Gasteiger partial charge is 0.405 e. The monoisotopic (exact) mass is 278 g/mol. The summed E-state index contributed by atoms with van der Waals surface area (Å²) in [6, 6.07) is 1.05. The number of rotatable bonds is 5. The topological polar surface area (TPSA) is 75.0 Å². The molecule has 1 heterocycles. The number of H-pyrrole nitrogens is 1. The van der Waals surface area contributed by atoms with Crippen LogP contribution in [0.3, 0.4) is 0 Å². The Bertz CT molecular complexity index is 470. The molecule has 0 fully saturated rings. The summed E-state index contributed by atoms with van der Waals surface area (Å²) in [6.45, 7) is 2.42. The van der Waals surface area contributed by atoms with Crippen molar-refractivity contribution in [3.8, 4) is 0 Å². The number of hydrogen-bond donors (Lipinski definition) is 2. The zero-order chi connectivity index (χ0) is 14.6. The highest BCUT2D eigenvalue weighted by molar-refractivity contribution is 5.38. The zero-order valence-corrected chi connectivity index (χ0v) is 10.8. The van der Waals surface area contributed by atoms with Crippen molar-refractivity contribution in [1.29, 1.82) is 0 Å². The molecule has 8 heteroatoms. The van der Waals surface area contributed by atoms with Crippen molar-refractivity contribution in [3.63, 3.8) is 0 Å². The summed E-state index contributed by atoms with van der Waals surface area (Å²) in [5, 5.41) is 0. The Hall–Kier alpha value is -1.57. The van der Waals surface area contributed by atoms with Crippen LogP contribution in [0.25, 0.3) is 0 Å². The van der Waals surface area contributed by atoms with Crippen molar-refractivity contribution in [2.24, 2.45) is 5.73 Å². The number of nitrogens with two attached hydrogens (primary N) is 1. The number of nitrogens with zero attached hydrogens (tertiary/aromatic N) is 2. The van der Waals surface area contributed by atoms with Gasteiger partial charge in [-0.25, -0.2) is 4.98 Å². The molecule has 0 radical (unpaired) electrons. The number of aromatic amines is 1. The molecule has 0 saturated heterocycles. The molecule has 0 aromatic carbocycles. The third-order valence-corrected chi connectivity index (χ3v) is 2.39. The number of halogens is 3. The van der Waals surface area contributed by atoms with Gasteiger partial charge in [-0.15, -0.1) is 0 Å². The van der Waals surface area contributed by atoms with Gasteiger partial charge in [0.1, 0.15) is 18.2 Å². The predicted octanol–water partition coefficient (Wildman–Crippen LogP) is 1.22. The molecule has 0 amide bonds. The van der Waals surface area contributed by atoms with E-state index in [4.69, 9.17) is 5.73 Å². The Kier molecular flexibility index (Phi) is 4.93. The van der Waals surface area contributed by atoms with E-state index in [1.165, 1.54) is 0 Å². The first-order valence-corrected chi connectivity index (χ1v) is 5.86. The first-order valence-electron chi connectivity index (χ1n) is 5.86. The maximum Gasteiger partial charge on any atom is 0.405 e. The van der Waals surface area contributed by atoms with Crippen LogP contribution < -0.4 is 16.2 Å². The molecule has 1 aromatic heterocycles. The zero-order valence-electron chi connectivity index (χ0n) is 10.8. The summed E-state index contributed by atoms with van der Waals surface area (Å²) >= 11 is 0. The number of aromatic nitrogens is 2. The second-order valence-electron chi connectivity index (χ2n) is 4.47. The van der Waals surface area contributed by atoms with Crippen molar-refractivity contribution < 1.29 is 13.2 Å². The summed E-state index contributed by atoms with van der Waals surface area (Å²) in [5.74, 6) is 0.264. The van der Waals surface area contributed by atoms with Crippen molar-refractivity contribution in [1.82, 2.24) is 9.97 Å². The van der Waals surface area contributed by atoms with Crippen molar-refractivity contribution in [3.05, 3.63) is 22.2 Å². The van der Waals surface area contributed by atoms with Crippen molar-refractivity contribution in [2.45, 2.75) is 25.9 Å². The van der Waals surface area contributed by atoms with Crippen LogP contribution in [-0.4, -0.2) is 35.8 Å². The molecule has 108 valence electrons. The Balaban J connectivity index is 3.11. The highest BCUT2D eigenvalue weighted by Crippen LogP contribution is 2.20. The van der Waals surface area contributed by atoms with E-state index in [0.29, 0.717) is 5.82 Å². The molecule has 0 bridgehead atoms. The minimum absolute atomic E-state index is 0.00442. The normalized spacial score (nSPS) is 11.9. The van der Waals surface area contributed by atoms with Crippen LogP contribution in [0.1, 0.15) is 25.6 Å². The van der Waals surface area contributed by atoms with Gasteiger partial charge in [0.15, 0.2) is 0 Å². The third-order valence-electron chi connectivity index (χ3n) is 2.39. The van der Waals surface area contributed by atoms with E-state index in [2.05, 4.69) is 9.97 Å². The van der Waals surface area contributed by atoms with Crippen LogP contribution in [0.4, 0.5) is 19.0 Å². The summed E-state index contributed by atoms with van der Waals surface area (Å²) < 4.78 is 37.4. The van der Waals surface area contributed by atoms with E-state index >= 15 is 0 Å². The van der Waals surface area contributed by atoms with E-state index in [1.807, 2.05) is 0 Å². The fourth-order valence-corrected chi connectivity index (χ4v) is 1.55. The Labute approximate surface area is 108 Å². The molecule has 0 atom stereocenters. The molecule has 0 aliphatic rings. The number of anilines is 1. The van der Waals surface area contributed by atoms with E-state index < -0.39 is 18.3 Å². The van der Waals surface area contributed by atoms with Crippen LogP contribution in [0, 0.1) is 0 Å². The average molecular weight is 278 g/mol. The summed E-state index contributed by atoms with van der Waals surface area (Å²) in [5.41, 5.74) is 4.82. The molecule has 3 N–H and O–H groups in total. The van der Waals surface area contributed by atoms with Crippen LogP contribution in [0.5, 0.6) is 0 Å². The van der Waals surface area contributed by atoms with Crippen LogP contribution in [0.15, 0.2) is 10.9 Å². The van der Waals surface area contributed by atoms with Gasteiger partial charge >= 0.3 is 6.18 Å². The van der Waals surface area contributed by atoms with Crippen LogP contribution in [-0.2, 0) is 0 Å². The van der Waals surface area contributed by atoms with Gasteiger partial charge in [0.05, 0.1) is 0 Å². The molecular weight excluding hydrogens is 261 g/mol. The highest BCUT2D eigenvalue weighted by atomic mass is 19.4. The van der Waals surface area contributed by atoms with Crippen molar-refractivity contribution >= 4 is 5.82 Å². The number of nitrogens with one attached hydrogen (secondary N) is 1. The molecule has 0 aliphatic carbocycles. The van der Waals surface area contributed by atoms with Crippen LogP contribution in [0.2, 0.25) is 0 Å². The molecule has 0 spiro atoms. The fraction of sp³-hybridized carbons (Fsp3) is 0.636. The number of hydrogen-bond acceptors (Lipinski definition) is 4. The van der Waals surface area contributed by atoms with Gasteiger partial charge in [-0.05, 0) is 0 Å². The SMILES string of the molecule is CC(C)c1nc(N(CCN)CC(F)(F)F)cc(=O)[nH]1. The van der Waals surface area contributed by atoms with E-state index in [-0.39, 0.29) is 24.8 Å². The van der Waals surface area contributed by atoms with Gasteiger partial charge in [-0.3, -0.25) is 4.79 Å². The van der Waals surface area contributed by atoms with Gasteiger partial charge in [0.2, 0.25) is 0 Å². The van der Waals surface area contributed by atoms with E-state index in [0.717, 1.165) is 11.0 Å². The van der Waals surface area contributed by atoms with Gasteiger partial charge in [-0.1, -0.05) is 13.8 Å². The lowest BCUT2D eigenvalue weighted by molar-refractivity contribution is -0.119. The van der Waals surface area contributed by atoms with Crippen molar-refractivity contribution in [2.75, 3.05) is 24.5 Å². The second kappa shape index (κ2) is 6.05. The minimum Gasteiger partial charge on any atom is -0.346 e. The van der Waals surface area contributed by atoms with Gasteiger partial charge < -0.3 is 15.6 Å². The maximum absolute atomic E-state index is 12.5. The molecular formula is C11H17F3N4O. The fourth-order valence-electron chi connectivity index (χ4n) is 1.55. The molecule has 19 heavy (non-hydrogen) atoms. The lowest BCUT2D eigenvalue weighted by Crippen LogP contribution is -2.39. The van der Waals surface area contributed by atoms with E-state index in [9.17, 15) is 18.0 Å². The lowest BCUT2D eigenvalue weighted by atomic mass is 10.2. The molecule has 1 rings (SSSR count). The molecule has 5 nitrogen and oxygen atoms in total. The highest BCUT2D eigenvalue weighted by Gasteiger charge is 2.31. The smallest absolute Gasteiger partial charge is 0.346 e. The third kappa shape index (κ3) is 4.90. The summed E-state index contributed by atoms with van der Waals surface area (Å²) in [6.07, 6.45) is -4.38. The van der Waals surface area contributed by atoms with Gasteiger partial charge in [-0.2, -0.15) is 13.2 Å². The Morgan fingerprint density at radius 2 is 2.11 bits per heavy atom. The van der Waals surface area contributed by atoms with E-state index in [1.54, 1.807) is 13.8 Å². The first kappa shape index (κ1) is 15.5. The molecule has 1 aromatic rings. The van der Waals surface area contributed by atoms with Gasteiger partial charge in [0.25, 0.3) is 5.56 Å². The first-order chi connectivity index (χ1) is 8.73. The maximum atomic E-state index is 12.5. The second-order valence-corrected chi connectivity index (χ2v) is 4.47. The lowest BCUT2D eigenvalue weighted by Gasteiger charge is -2.24. The van der Waals surface area contributed by atoms with Gasteiger partial charge in [0, 0.05) is 25.1 Å². The Morgan fingerprint density at radius 1 is 1.47 bits per heavy atom. The Morgan fingerprint density at radius 3 is 2.58 bits per heavy atom. The molecule has 0 unspecified atom stereocenters. The summed E-state index contributed by atoms with van der Waals surface area (Å²) in [4.78, 5) is 19.0. The molecule has 0 saturated carbocycles. The summed E-state index contributed by atoms with van der Waals surface area (Å²) in [7, 11) is 0. The molecule has 0 aliphatic heterocycles. The predicted molar refractivity (Wildman–Crippen MR) is 66.3 cm³/mol.